The van der Waals surface area contributed by atoms with Crippen molar-refractivity contribution in [3.63, 3.8) is 0 Å². The highest BCUT2D eigenvalue weighted by atomic mass is 16.5. The largest absolute Gasteiger partial charge is 0.456 e. The number of methoxy groups -OCH3 is 1. The lowest BCUT2D eigenvalue weighted by Gasteiger charge is -2.11. The Balaban J connectivity index is 1.69. The van der Waals surface area contributed by atoms with Crippen LogP contribution in [0.1, 0.15) is 24.8 Å². The van der Waals surface area contributed by atoms with Gasteiger partial charge in [-0.05, 0) is 5.56 Å². The summed E-state index contributed by atoms with van der Waals surface area (Å²) < 4.78 is 9.63. The van der Waals surface area contributed by atoms with Gasteiger partial charge in [-0.2, -0.15) is 5.10 Å². The fourth-order valence-electron chi connectivity index (χ4n) is 2.37. The minimum Gasteiger partial charge on any atom is -0.456 e. The highest BCUT2D eigenvalue weighted by molar-refractivity contribution is 6.02. The van der Waals surface area contributed by atoms with Crippen LogP contribution in [-0.2, 0) is 23.9 Å². The normalized spacial score (nSPS) is 13.3. The highest BCUT2D eigenvalue weighted by Gasteiger charge is 2.22. The van der Waals surface area contributed by atoms with Crippen molar-refractivity contribution >= 4 is 23.5 Å². The van der Waals surface area contributed by atoms with Crippen molar-refractivity contribution in [2.45, 2.75) is 19.3 Å². The topological polar surface area (TPSA) is 97.3 Å². The van der Waals surface area contributed by atoms with Crippen molar-refractivity contribution in [3.8, 4) is 0 Å². The molecule has 1 aliphatic heterocycles. The molecule has 0 aliphatic carbocycles. The van der Waals surface area contributed by atoms with E-state index in [-0.39, 0.29) is 25.4 Å². The molecule has 1 aliphatic rings. The minimum atomic E-state index is -0.591. The van der Waals surface area contributed by atoms with E-state index in [9.17, 15) is 14.4 Å². The van der Waals surface area contributed by atoms with Gasteiger partial charge in [0.2, 0.25) is 5.91 Å². The Morgan fingerprint density at radius 2 is 1.96 bits per heavy atom. The first-order chi connectivity index (χ1) is 12.6. The van der Waals surface area contributed by atoms with E-state index in [2.05, 4.69) is 10.4 Å². The molecule has 0 radical (unpaired) electrons. The molecule has 26 heavy (non-hydrogen) atoms. The van der Waals surface area contributed by atoms with Crippen LogP contribution in [0.4, 0.5) is 0 Å². The summed E-state index contributed by atoms with van der Waals surface area (Å²) in [4.78, 5) is 35.2. The molecule has 1 aromatic carbocycles. The number of nitrogens with zero attached hydrogens (tertiary/aromatic N) is 2. The van der Waals surface area contributed by atoms with Crippen LogP contribution < -0.4 is 5.32 Å². The molecule has 8 heteroatoms. The molecule has 0 aromatic heterocycles. The van der Waals surface area contributed by atoms with E-state index in [0.717, 1.165) is 11.3 Å². The van der Waals surface area contributed by atoms with E-state index in [0.29, 0.717) is 26.1 Å². The summed E-state index contributed by atoms with van der Waals surface area (Å²) in [7, 11) is 1.52. The first-order valence-corrected chi connectivity index (χ1v) is 8.44. The van der Waals surface area contributed by atoms with Gasteiger partial charge in [0.15, 0.2) is 6.61 Å². The number of hydrazone groups is 1. The number of rotatable bonds is 9. The molecular weight excluding hydrogens is 338 g/mol. The Morgan fingerprint density at radius 3 is 2.69 bits per heavy atom. The van der Waals surface area contributed by atoms with Gasteiger partial charge in [0.05, 0.1) is 25.3 Å². The molecule has 140 valence electrons. The van der Waals surface area contributed by atoms with Gasteiger partial charge in [-0.3, -0.25) is 14.4 Å². The van der Waals surface area contributed by atoms with E-state index >= 15 is 0 Å². The number of amides is 2. The third kappa shape index (κ3) is 6.29. The Bertz CT molecular complexity index is 660. The first-order valence-electron chi connectivity index (χ1n) is 8.44. The van der Waals surface area contributed by atoms with E-state index < -0.39 is 11.9 Å². The van der Waals surface area contributed by atoms with Crippen molar-refractivity contribution in [1.82, 2.24) is 10.3 Å². The minimum absolute atomic E-state index is 0.00427. The lowest BCUT2D eigenvalue weighted by atomic mass is 10.1. The zero-order valence-corrected chi connectivity index (χ0v) is 14.8. The van der Waals surface area contributed by atoms with Gasteiger partial charge in [0, 0.05) is 26.5 Å². The SMILES string of the molecule is COCCNC(=O)COC(=O)CCC(=O)N1CCC(c2ccccc2)=N1. The van der Waals surface area contributed by atoms with Crippen LogP contribution in [0.25, 0.3) is 0 Å². The van der Waals surface area contributed by atoms with Gasteiger partial charge in [-0.25, -0.2) is 5.01 Å². The summed E-state index contributed by atoms with van der Waals surface area (Å²) in [6.45, 7) is 0.869. The monoisotopic (exact) mass is 361 g/mol. The summed E-state index contributed by atoms with van der Waals surface area (Å²) in [5, 5.41) is 8.24. The Hall–Kier alpha value is -2.74. The lowest BCUT2D eigenvalue weighted by Crippen LogP contribution is -2.31. The number of ether oxygens (including phenoxy) is 2. The summed E-state index contributed by atoms with van der Waals surface area (Å²) in [5.41, 5.74) is 1.84. The average Bonchev–Trinajstić information content (AvgIpc) is 3.15. The van der Waals surface area contributed by atoms with Crippen molar-refractivity contribution in [2.75, 3.05) is 33.4 Å². The number of nitrogens with one attached hydrogen (secondary N) is 1. The van der Waals surface area contributed by atoms with Crippen LogP contribution in [0, 0.1) is 0 Å². The predicted molar refractivity (Wildman–Crippen MR) is 94.4 cm³/mol. The molecule has 0 spiro atoms. The van der Waals surface area contributed by atoms with Crippen LogP contribution in [0.2, 0.25) is 0 Å². The molecule has 0 unspecified atom stereocenters. The maximum atomic E-state index is 12.2. The van der Waals surface area contributed by atoms with Gasteiger partial charge in [-0.15, -0.1) is 0 Å². The summed E-state index contributed by atoms with van der Waals surface area (Å²) in [6, 6.07) is 9.66. The Kier molecular flexibility index (Phi) is 7.75. The zero-order chi connectivity index (χ0) is 18.8. The number of hydrogen-bond acceptors (Lipinski definition) is 6. The van der Waals surface area contributed by atoms with Crippen molar-refractivity contribution in [2.24, 2.45) is 5.10 Å². The van der Waals surface area contributed by atoms with Gasteiger partial charge >= 0.3 is 5.97 Å². The van der Waals surface area contributed by atoms with Crippen molar-refractivity contribution < 1.29 is 23.9 Å². The van der Waals surface area contributed by atoms with Gasteiger partial charge in [0.1, 0.15) is 0 Å². The average molecular weight is 361 g/mol. The fourth-order valence-corrected chi connectivity index (χ4v) is 2.37. The maximum absolute atomic E-state index is 12.2. The van der Waals surface area contributed by atoms with E-state index in [1.54, 1.807) is 0 Å². The van der Waals surface area contributed by atoms with Gasteiger partial charge in [-0.1, -0.05) is 30.3 Å². The first kappa shape index (κ1) is 19.6. The van der Waals surface area contributed by atoms with Crippen LogP contribution in [0.3, 0.4) is 0 Å². The second-order valence-corrected chi connectivity index (χ2v) is 5.68. The summed E-state index contributed by atoms with van der Waals surface area (Å²) >= 11 is 0. The number of benzene rings is 1. The quantitative estimate of drug-likeness (QED) is 0.516. The molecular formula is C18H23N3O5. The molecule has 0 fully saturated rings. The number of hydrogen-bond donors (Lipinski definition) is 1. The molecule has 1 aromatic rings. The van der Waals surface area contributed by atoms with Gasteiger partial charge in [0.25, 0.3) is 5.91 Å². The Labute approximate surface area is 152 Å². The smallest absolute Gasteiger partial charge is 0.306 e. The molecule has 1 N–H and O–H groups in total. The molecule has 2 rings (SSSR count). The second-order valence-electron chi connectivity index (χ2n) is 5.68. The van der Waals surface area contributed by atoms with E-state index in [1.165, 1.54) is 12.1 Å². The summed E-state index contributed by atoms with van der Waals surface area (Å²) in [6.07, 6.45) is 0.592. The third-order valence-corrected chi connectivity index (χ3v) is 3.73. The standard InChI is InChI=1S/C18H23N3O5/c1-25-12-10-19-16(22)13-26-18(24)8-7-17(23)21-11-9-15(20-21)14-5-3-2-4-6-14/h2-6H,7-13H2,1H3,(H,19,22). The van der Waals surface area contributed by atoms with Gasteiger partial charge < -0.3 is 14.8 Å². The third-order valence-electron chi connectivity index (χ3n) is 3.73. The molecule has 2 amide bonds. The number of esters is 1. The summed E-state index contributed by atoms with van der Waals surface area (Å²) in [5.74, 6) is -1.23. The Morgan fingerprint density at radius 1 is 1.19 bits per heavy atom. The lowest BCUT2D eigenvalue weighted by molar-refractivity contribution is -0.150. The van der Waals surface area contributed by atoms with Crippen LogP contribution >= 0.6 is 0 Å². The molecule has 0 bridgehead atoms. The second kappa shape index (κ2) is 10.3. The maximum Gasteiger partial charge on any atom is 0.306 e. The van der Waals surface area contributed by atoms with Crippen molar-refractivity contribution in [3.05, 3.63) is 35.9 Å². The number of carbonyl (C=O) groups is 3. The molecule has 0 saturated carbocycles. The molecule has 0 saturated heterocycles. The molecule has 1 heterocycles. The van der Waals surface area contributed by atoms with E-state index in [4.69, 9.17) is 9.47 Å². The van der Waals surface area contributed by atoms with Crippen LogP contribution in [0.5, 0.6) is 0 Å². The fraction of sp³-hybridized carbons (Fsp3) is 0.444. The van der Waals surface area contributed by atoms with E-state index in [1.807, 2.05) is 30.3 Å². The molecule has 0 atom stereocenters. The van der Waals surface area contributed by atoms with Crippen LogP contribution in [-0.4, -0.2) is 61.9 Å². The molecule has 8 nitrogen and oxygen atoms in total. The highest BCUT2D eigenvalue weighted by Crippen LogP contribution is 2.15. The van der Waals surface area contributed by atoms with Crippen LogP contribution in [0.15, 0.2) is 35.4 Å². The zero-order valence-electron chi connectivity index (χ0n) is 14.8. The number of carbonyl (C=O) groups excluding carboxylic acids is 3. The predicted octanol–water partition coefficient (Wildman–Crippen LogP) is 0.709. The van der Waals surface area contributed by atoms with Crippen molar-refractivity contribution in [1.29, 1.82) is 0 Å².